The Kier molecular flexibility index (Phi) is 7.86. The van der Waals surface area contributed by atoms with Gasteiger partial charge in [0.1, 0.15) is 11.2 Å². The zero-order valence-electron chi connectivity index (χ0n) is 37.1. The van der Waals surface area contributed by atoms with E-state index in [9.17, 15) is 0 Å². The number of thiophene rings is 2. The minimum absolute atomic E-state index is 0.558. The SMILES string of the molecule is c1ccc2cc3c(cc2c1)c1ccc2ccccc2c1n3-c1ccc2cc(-c3nc(-c4ccc5c(c4)sc4ccccc45)nc(-c4ccc5sc6ccccc6c5c4)n3)c3oc4ccccc4c3c2c1. The van der Waals surface area contributed by atoms with E-state index in [0.717, 1.165) is 55.1 Å². The maximum atomic E-state index is 7.00. The summed E-state index contributed by atoms with van der Waals surface area (Å²) < 4.78 is 14.4. The van der Waals surface area contributed by atoms with Gasteiger partial charge in [-0.3, -0.25) is 0 Å². The highest BCUT2D eigenvalue weighted by Gasteiger charge is 2.23. The van der Waals surface area contributed by atoms with Crippen LogP contribution >= 0.6 is 22.7 Å². The molecule has 0 aliphatic carbocycles. The maximum Gasteiger partial charge on any atom is 0.167 e. The maximum absolute atomic E-state index is 7.00. The first-order valence-electron chi connectivity index (χ1n) is 23.5. The van der Waals surface area contributed by atoms with Crippen molar-refractivity contribution in [1.82, 2.24) is 19.5 Å². The van der Waals surface area contributed by atoms with Gasteiger partial charge in [-0.1, -0.05) is 133 Å². The van der Waals surface area contributed by atoms with E-state index in [1.54, 1.807) is 11.3 Å². The fraction of sp³-hybridized carbons (Fsp3) is 0. The summed E-state index contributed by atoms with van der Waals surface area (Å²) >= 11 is 3.60. The number of nitrogens with zero attached hydrogens (tertiary/aromatic N) is 4. The number of hydrogen-bond donors (Lipinski definition) is 0. The molecule has 16 rings (SSSR count). The largest absolute Gasteiger partial charge is 0.455 e. The summed E-state index contributed by atoms with van der Waals surface area (Å²) in [7, 11) is 0. The van der Waals surface area contributed by atoms with Crippen LogP contribution < -0.4 is 0 Å². The van der Waals surface area contributed by atoms with Crippen molar-refractivity contribution >= 4 is 139 Å². The molecule has 5 heterocycles. The molecule has 7 heteroatoms. The van der Waals surface area contributed by atoms with E-state index in [4.69, 9.17) is 19.4 Å². The first-order valence-corrected chi connectivity index (χ1v) is 25.1. The van der Waals surface area contributed by atoms with E-state index in [2.05, 4.69) is 205 Å². The molecule has 0 aliphatic rings. The Morgan fingerprint density at radius 1 is 0.357 bits per heavy atom. The highest BCUT2D eigenvalue weighted by molar-refractivity contribution is 7.26. The van der Waals surface area contributed by atoms with Crippen LogP contribution in [0, 0.1) is 0 Å². The van der Waals surface area contributed by atoms with E-state index in [1.807, 2.05) is 17.4 Å². The molecule has 0 amide bonds. The van der Waals surface area contributed by atoms with Crippen molar-refractivity contribution in [3.8, 4) is 39.9 Å². The number of fused-ring (bicyclic) bond motifs is 17. The second kappa shape index (κ2) is 14.4. The van der Waals surface area contributed by atoms with Crippen LogP contribution in [-0.2, 0) is 0 Å². The lowest BCUT2D eigenvalue weighted by Gasteiger charge is -2.13. The lowest BCUT2D eigenvalue weighted by molar-refractivity contribution is 0.670. The zero-order valence-corrected chi connectivity index (χ0v) is 38.8. The normalized spacial score (nSPS) is 12.3. The molecule has 5 aromatic heterocycles. The third-order valence-corrected chi connectivity index (χ3v) is 16.7. The van der Waals surface area contributed by atoms with Crippen LogP contribution in [0.1, 0.15) is 0 Å². The molecule has 0 aliphatic heterocycles. The molecule has 0 unspecified atom stereocenters. The van der Waals surface area contributed by atoms with Crippen LogP contribution in [0.3, 0.4) is 0 Å². The van der Waals surface area contributed by atoms with Crippen molar-refractivity contribution in [3.05, 3.63) is 206 Å². The van der Waals surface area contributed by atoms with Gasteiger partial charge in [0.25, 0.3) is 0 Å². The molecule has 324 valence electrons. The summed E-state index contributed by atoms with van der Waals surface area (Å²) in [5.41, 5.74) is 7.68. The Morgan fingerprint density at radius 2 is 0.957 bits per heavy atom. The van der Waals surface area contributed by atoms with Crippen LogP contribution in [0.4, 0.5) is 0 Å². The van der Waals surface area contributed by atoms with Crippen molar-refractivity contribution in [2.45, 2.75) is 0 Å². The van der Waals surface area contributed by atoms with Crippen molar-refractivity contribution in [2.24, 2.45) is 0 Å². The van der Waals surface area contributed by atoms with Gasteiger partial charge in [0.2, 0.25) is 0 Å². The third-order valence-electron chi connectivity index (χ3n) is 14.4. The van der Waals surface area contributed by atoms with Crippen molar-refractivity contribution in [2.75, 3.05) is 0 Å². The van der Waals surface area contributed by atoms with Crippen molar-refractivity contribution < 1.29 is 4.42 Å². The van der Waals surface area contributed by atoms with Gasteiger partial charge in [-0.15, -0.1) is 22.7 Å². The number of hydrogen-bond acceptors (Lipinski definition) is 6. The second-order valence-corrected chi connectivity index (χ2v) is 20.5. The lowest BCUT2D eigenvalue weighted by Crippen LogP contribution is -2.00. The Morgan fingerprint density at radius 3 is 1.79 bits per heavy atom. The number of benzene rings is 11. The third kappa shape index (κ3) is 5.55. The van der Waals surface area contributed by atoms with Gasteiger partial charge in [-0.2, -0.15) is 0 Å². The molecule has 0 spiro atoms. The van der Waals surface area contributed by atoms with Gasteiger partial charge in [-0.05, 0) is 99.7 Å². The molecule has 0 fully saturated rings. The summed E-state index contributed by atoms with van der Waals surface area (Å²) in [6.45, 7) is 0. The standard InChI is InChI=1S/C63H34N4OS2/c1-2-13-37-32-52-49(29-36(37)12-1)46-27-22-35-11-3-4-14-42(35)59(46)67(52)41-25-21-38-30-51(60-58(48(38)34-41)47-17-5-8-18-53(47)68-60)63-65-61(39-24-28-56-50(31-39)44-16-7-10-20-55(44)69-56)64-62(66-63)40-23-26-45-43-15-6-9-19-54(43)70-57(45)33-40/h1-34H. The fourth-order valence-corrected chi connectivity index (χ4v) is 13.4. The Labute approximate surface area is 406 Å². The minimum atomic E-state index is 0.558. The Hall–Kier alpha value is -8.75. The first-order chi connectivity index (χ1) is 34.6. The predicted molar refractivity (Wildman–Crippen MR) is 296 cm³/mol. The van der Waals surface area contributed by atoms with Gasteiger partial charge in [-0.25, -0.2) is 15.0 Å². The van der Waals surface area contributed by atoms with E-state index in [-0.39, 0.29) is 0 Å². The molecule has 0 radical (unpaired) electrons. The summed E-state index contributed by atoms with van der Waals surface area (Å²) in [5.74, 6) is 1.78. The molecule has 0 atom stereocenters. The van der Waals surface area contributed by atoms with Crippen LogP contribution in [0.25, 0.3) is 156 Å². The molecule has 11 aromatic carbocycles. The average Bonchev–Trinajstić information content (AvgIpc) is 4.18. The van der Waals surface area contributed by atoms with Gasteiger partial charge >= 0.3 is 0 Å². The molecule has 0 N–H and O–H groups in total. The molecular weight excluding hydrogens is 893 g/mol. The Bertz CT molecular complexity index is 4920. The highest BCUT2D eigenvalue weighted by Crippen LogP contribution is 2.45. The highest BCUT2D eigenvalue weighted by atomic mass is 32.1. The van der Waals surface area contributed by atoms with Crippen LogP contribution in [-0.4, -0.2) is 19.5 Å². The van der Waals surface area contributed by atoms with Gasteiger partial charge in [0.15, 0.2) is 17.5 Å². The molecular formula is C63H34N4OS2. The monoisotopic (exact) mass is 926 g/mol. The quantitative estimate of drug-likeness (QED) is 0.176. The molecule has 70 heavy (non-hydrogen) atoms. The molecule has 0 saturated heterocycles. The minimum Gasteiger partial charge on any atom is -0.455 e. The van der Waals surface area contributed by atoms with Crippen molar-refractivity contribution in [3.63, 3.8) is 0 Å². The van der Waals surface area contributed by atoms with E-state index >= 15 is 0 Å². The van der Waals surface area contributed by atoms with Crippen LogP contribution in [0.15, 0.2) is 211 Å². The molecule has 5 nitrogen and oxygen atoms in total. The summed E-state index contributed by atoms with van der Waals surface area (Å²) in [4.78, 5) is 16.1. The van der Waals surface area contributed by atoms with Gasteiger partial charge in [0, 0.05) is 84.1 Å². The van der Waals surface area contributed by atoms with E-state index in [0.29, 0.717) is 17.5 Å². The van der Waals surface area contributed by atoms with Crippen LogP contribution in [0.2, 0.25) is 0 Å². The van der Waals surface area contributed by atoms with Crippen molar-refractivity contribution in [1.29, 1.82) is 0 Å². The zero-order chi connectivity index (χ0) is 45.6. The van der Waals surface area contributed by atoms with Gasteiger partial charge < -0.3 is 8.98 Å². The first kappa shape index (κ1) is 38.2. The smallest absolute Gasteiger partial charge is 0.167 e. The van der Waals surface area contributed by atoms with Gasteiger partial charge in [0.05, 0.1) is 16.6 Å². The second-order valence-electron chi connectivity index (χ2n) is 18.3. The topological polar surface area (TPSA) is 56.7 Å². The number of furan rings is 1. The molecule has 16 aromatic rings. The van der Waals surface area contributed by atoms with Crippen LogP contribution in [0.5, 0.6) is 0 Å². The fourth-order valence-electron chi connectivity index (χ4n) is 11.1. The number of rotatable bonds is 4. The number of para-hydroxylation sites is 1. The predicted octanol–water partition coefficient (Wildman–Crippen LogP) is 18.1. The number of aromatic nitrogens is 4. The lowest BCUT2D eigenvalue weighted by atomic mass is 9.99. The van der Waals surface area contributed by atoms with E-state index in [1.165, 1.54) is 83.7 Å². The Balaban J connectivity index is 0.960. The summed E-state index contributed by atoms with van der Waals surface area (Å²) in [5, 5.41) is 16.5. The summed E-state index contributed by atoms with van der Waals surface area (Å²) in [6.07, 6.45) is 0. The molecule has 0 bridgehead atoms. The molecule has 0 saturated carbocycles. The van der Waals surface area contributed by atoms with E-state index < -0.39 is 0 Å². The average molecular weight is 927 g/mol. The summed E-state index contributed by atoms with van der Waals surface area (Å²) in [6, 6.07) is 74.5.